The van der Waals surface area contributed by atoms with Crippen molar-refractivity contribution in [1.29, 1.82) is 0 Å². The van der Waals surface area contributed by atoms with Crippen LogP contribution in [-0.4, -0.2) is 29.5 Å². The van der Waals surface area contributed by atoms with Gasteiger partial charge in [0.15, 0.2) is 11.5 Å². The fourth-order valence-corrected chi connectivity index (χ4v) is 3.27. The summed E-state index contributed by atoms with van der Waals surface area (Å²) in [4.78, 5) is 26.0. The van der Waals surface area contributed by atoms with Crippen LogP contribution in [0.5, 0.6) is 11.5 Å². The SMILES string of the molecule is NC(=O)c1ccc(CN(C(=O)CCc2ccc3c(c2)OCO3)C2CC2)cc1. The first-order valence-corrected chi connectivity index (χ1v) is 9.17. The topological polar surface area (TPSA) is 81.9 Å². The smallest absolute Gasteiger partial charge is 0.248 e. The number of carbonyl (C=O) groups is 2. The Morgan fingerprint density at radius 1 is 1.00 bits per heavy atom. The fraction of sp³-hybridized carbons (Fsp3) is 0.333. The second-order valence-corrected chi connectivity index (χ2v) is 7.00. The highest BCUT2D eigenvalue weighted by molar-refractivity contribution is 5.92. The molecule has 1 aliphatic heterocycles. The molecule has 6 nitrogen and oxygen atoms in total. The Morgan fingerprint density at radius 2 is 1.70 bits per heavy atom. The standard InChI is InChI=1S/C21H22N2O4/c22-21(25)16-5-1-15(2-6-16)12-23(17-7-8-17)20(24)10-4-14-3-9-18-19(11-14)27-13-26-18/h1-3,5-6,9,11,17H,4,7-8,10,12-13H2,(H2,22,25). The van der Waals surface area contributed by atoms with Gasteiger partial charge in [0.1, 0.15) is 0 Å². The van der Waals surface area contributed by atoms with Crippen molar-refractivity contribution in [3.63, 3.8) is 0 Å². The lowest BCUT2D eigenvalue weighted by Gasteiger charge is -2.23. The van der Waals surface area contributed by atoms with E-state index in [0.717, 1.165) is 35.5 Å². The molecule has 140 valence electrons. The molecular formula is C21H22N2O4. The highest BCUT2D eigenvalue weighted by atomic mass is 16.7. The minimum Gasteiger partial charge on any atom is -0.454 e. The predicted octanol–water partition coefficient (Wildman–Crippen LogP) is 2.64. The van der Waals surface area contributed by atoms with E-state index < -0.39 is 5.91 Å². The van der Waals surface area contributed by atoms with Crippen LogP contribution in [-0.2, 0) is 17.8 Å². The minimum absolute atomic E-state index is 0.147. The quantitative estimate of drug-likeness (QED) is 0.817. The number of hydrogen-bond acceptors (Lipinski definition) is 4. The molecule has 1 aliphatic carbocycles. The zero-order chi connectivity index (χ0) is 18.8. The highest BCUT2D eigenvalue weighted by Crippen LogP contribution is 2.33. The Bertz CT molecular complexity index is 859. The summed E-state index contributed by atoms with van der Waals surface area (Å²) in [5.74, 6) is 1.20. The van der Waals surface area contributed by atoms with Crippen molar-refractivity contribution in [1.82, 2.24) is 4.90 Å². The van der Waals surface area contributed by atoms with E-state index in [4.69, 9.17) is 15.2 Å². The van der Waals surface area contributed by atoms with E-state index in [2.05, 4.69) is 0 Å². The van der Waals surface area contributed by atoms with Crippen molar-refractivity contribution in [3.8, 4) is 11.5 Å². The van der Waals surface area contributed by atoms with E-state index in [1.54, 1.807) is 12.1 Å². The molecule has 0 unspecified atom stereocenters. The number of fused-ring (bicyclic) bond motifs is 1. The summed E-state index contributed by atoms with van der Waals surface area (Å²) in [6.45, 7) is 0.811. The van der Waals surface area contributed by atoms with E-state index in [-0.39, 0.29) is 12.7 Å². The molecule has 4 rings (SSSR count). The van der Waals surface area contributed by atoms with Crippen LogP contribution in [0.3, 0.4) is 0 Å². The van der Waals surface area contributed by atoms with Crippen LogP contribution >= 0.6 is 0 Å². The molecule has 2 aromatic rings. The van der Waals surface area contributed by atoms with Crippen molar-refractivity contribution in [3.05, 3.63) is 59.2 Å². The van der Waals surface area contributed by atoms with Crippen molar-refractivity contribution in [2.45, 2.75) is 38.3 Å². The van der Waals surface area contributed by atoms with E-state index in [1.807, 2.05) is 35.2 Å². The zero-order valence-corrected chi connectivity index (χ0v) is 15.0. The number of nitrogens with zero attached hydrogens (tertiary/aromatic N) is 1. The number of nitrogens with two attached hydrogens (primary N) is 1. The van der Waals surface area contributed by atoms with E-state index in [0.29, 0.717) is 31.0 Å². The second-order valence-electron chi connectivity index (χ2n) is 7.00. The summed E-state index contributed by atoms with van der Waals surface area (Å²) in [6.07, 6.45) is 3.22. The first-order chi connectivity index (χ1) is 13.1. The molecule has 0 bridgehead atoms. The maximum Gasteiger partial charge on any atom is 0.248 e. The van der Waals surface area contributed by atoms with Gasteiger partial charge in [-0.1, -0.05) is 18.2 Å². The van der Waals surface area contributed by atoms with Crippen LogP contribution in [0.15, 0.2) is 42.5 Å². The lowest BCUT2D eigenvalue weighted by Crippen LogP contribution is -2.32. The Hall–Kier alpha value is -3.02. The number of ether oxygens (including phenoxy) is 2. The summed E-state index contributed by atoms with van der Waals surface area (Å²) in [5, 5.41) is 0. The number of aryl methyl sites for hydroxylation is 1. The molecule has 6 heteroatoms. The summed E-state index contributed by atoms with van der Waals surface area (Å²) < 4.78 is 10.7. The van der Waals surface area contributed by atoms with E-state index in [9.17, 15) is 9.59 Å². The van der Waals surface area contributed by atoms with E-state index in [1.165, 1.54) is 0 Å². The Kier molecular flexibility index (Phi) is 4.71. The first kappa shape index (κ1) is 17.4. The molecule has 1 heterocycles. The lowest BCUT2D eigenvalue weighted by atomic mass is 10.1. The largest absolute Gasteiger partial charge is 0.454 e. The van der Waals surface area contributed by atoms with Crippen molar-refractivity contribution < 1.29 is 19.1 Å². The lowest BCUT2D eigenvalue weighted by molar-refractivity contribution is -0.132. The number of amides is 2. The van der Waals surface area contributed by atoms with Crippen LogP contribution in [0.25, 0.3) is 0 Å². The molecule has 0 saturated heterocycles. The summed E-state index contributed by atoms with van der Waals surface area (Å²) in [7, 11) is 0. The summed E-state index contributed by atoms with van der Waals surface area (Å²) >= 11 is 0. The molecule has 2 aliphatic rings. The van der Waals surface area contributed by atoms with Gasteiger partial charge in [-0.15, -0.1) is 0 Å². The average Bonchev–Trinajstić information content (AvgIpc) is 3.41. The summed E-state index contributed by atoms with van der Waals surface area (Å²) in [6, 6.07) is 13.3. The van der Waals surface area contributed by atoms with E-state index >= 15 is 0 Å². The molecule has 0 atom stereocenters. The van der Waals surface area contributed by atoms with Crippen molar-refractivity contribution in [2.24, 2.45) is 5.73 Å². The van der Waals surface area contributed by atoms with Gasteiger partial charge in [-0.05, 0) is 54.7 Å². The normalized spacial score (nSPS) is 14.8. The molecule has 2 aromatic carbocycles. The van der Waals surface area contributed by atoms with Gasteiger partial charge < -0.3 is 20.1 Å². The Balaban J connectivity index is 1.38. The molecular weight excluding hydrogens is 344 g/mol. The van der Waals surface area contributed by atoms with Gasteiger partial charge in [0.25, 0.3) is 0 Å². The van der Waals surface area contributed by atoms with Crippen molar-refractivity contribution in [2.75, 3.05) is 6.79 Å². The number of rotatable bonds is 7. The molecule has 0 radical (unpaired) electrons. The van der Waals surface area contributed by atoms with Crippen LogP contribution in [0, 0.1) is 0 Å². The van der Waals surface area contributed by atoms with Gasteiger partial charge in [0.05, 0.1) is 0 Å². The zero-order valence-electron chi connectivity index (χ0n) is 15.0. The third-order valence-corrected chi connectivity index (χ3v) is 4.96. The van der Waals surface area contributed by atoms with Gasteiger partial charge in [-0.2, -0.15) is 0 Å². The molecule has 0 spiro atoms. The third-order valence-electron chi connectivity index (χ3n) is 4.96. The second kappa shape index (κ2) is 7.31. The minimum atomic E-state index is -0.444. The van der Waals surface area contributed by atoms with Gasteiger partial charge in [-0.3, -0.25) is 9.59 Å². The number of benzene rings is 2. The summed E-state index contributed by atoms with van der Waals surface area (Å²) in [5.41, 5.74) is 7.82. The number of hydrogen-bond donors (Lipinski definition) is 1. The van der Waals surface area contributed by atoms with Crippen molar-refractivity contribution >= 4 is 11.8 Å². The molecule has 2 N–H and O–H groups in total. The van der Waals surface area contributed by atoms with Gasteiger partial charge >= 0.3 is 0 Å². The maximum atomic E-state index is 12.8. The van der Waals surface area contributed by atoms with Gasteiger partial charge in [0, 0.05) is 24.6 Å². The average molecular weight is 366 g/mol. The van der Waals surface area contributed by atoms with Gasteiger partial charge in [0.2, 0.25) is 18.6 Å². The molecule has 27 heavy (non-hydrogen) atoms. The third kappa shape index (κ3) is 4.05. The fourth-order valence-electron chi connectivity index (χ4n) is 3.27. The van der Waals surface area contributed by atoms with Crippen LogP contribution in [0.4, 0.5) is 0 Å². The van der Waals surface area contributed by atoms with Gasteiger partial charge in [-0.25, -0.2) is 0 Å². The highest BCUT2D eigenvalue weighted by Gasteiger charge is 2.32. The maximum absolute atomic E-state index is 12.8. The van der Waals surface area contributed by atoms with Crippen LogP contribution in [0.1, 0.15) is 40.7 Å². The Labute approximate surface area is 157 Å². The molecule has 0 aromatic heterocycles. The first-order valence-electron chi connectivity index (χ1n) is 9.17. The molecule has 1 saturated carbocycles. The number of carbonyl (C=O) groups excluding carboxylic acids is 2. The van der Waals surface area contributed by atoms with Crippen LogP contribution in [0.2, 0.25) is 0 Å². The monoisotopic (exact) mass is 366 g/mol. The molecule has 1 fully saturated rings. The molecule has 2 amide bonds. The van der Waals surface area contributed by atoms with Crippen LogP contribution < -0.4 is 15.2 Å². The predicted molar refractivity (Wildman–Crippen MR) is 99.4 cm³/mol. The number of primary amides is 1. The Morgan fingerprint density at radius 3 is 2.41 bits per heavy atom.